The number of aliphatic carboxylic acids is 1. The molecule has 3 rings (SSSR count). The number of aliphatic hydroxyl groups excluding tert-OH is 8. The van der Waals surface area contributed by atoms with Gasteiger partial charge in [-0.25, -0.2) is 4.79 Å². The maximum Gasteiger partial charge on any atom is 0.335 e. The molecule has 0 radical (unpaired) electrons. The second-order valence-electron chi connectivity index (χ2n) is 8.71. The Kier molecular flexibility index (Phi) is 8.84. The van der Waals surface area contributed by atoms with Crippen LogP contribution in [0.2, 0.25) is 0 Å². The van der Waals surface area contributed by atoms with Crippen LogP contribution in [-0.4, -0.2) is 150 Å². The predicted molar refractivity (Wildman–Crippen MR) is 104 cm³/mol. The Labute approximate surface area is 193 Å². The minimum atomic E-state index is -1.93. The summed E-state index contributed by atoms with van der Waals surface area (Å²) in [6, 6.07) is 0. The van der Waals surface area contributed by atoms with E-state index in [1.807, 2.05) is 0 Å². The van der Waals surface area contributed by atoms with Crippen LogP contribution in [0.1, 0.15) is 13.8 Å². The van der Waals surface area contributed by atoms with Crippen molar-refractivity contribution in [3.8, 4) is 0 Å². The van der Waals surface area contributed by atoms with Crippen LogP contribution in [0.5, 0.6) is 0 Å². The normalized spacial score (nSPS) is 52.4. The van der Waals surface area contributed by atoms with Crippen molar-refractivity contribution in [1.29, 1.82) is 0 Å². The monoisotopic (exact) mass is 500 g/mol. The van der Waals surface area contributed by atoms with Crippen LogP contribution in [0.25, 0.3) is 0 Å². The van der Waals surface area contributed by atoms with Crippen molar-refractivity contribution in [3.63, 3.8) is 0 Å². The maximum absolute atomic E-state index is 11.2. The average Bonchev–Trinajstić information content (AvgIpc) is 2.78. The maximum atomic E-state index is 11.2. The molecule has 15 heteroatoms. The number of aliphatic hydroxyl groups is 8. The lowest BCUT2D eigenvalue weighted by atomic mass is 9.95. The molecular formula is C19H32O15. The molecule has 198 valence electrons. The summed E-state index contributed by atoms with van der Waals surface area (Å²) >= 11 is 0. The van der Waals surface area contributed by atoms with Gasteiger partial charge in [-0.2, -0.15) is 0 Å². The smallest absolute Gasteiger partial charge is 0.335 e. The van der Waals surface area contributed by atoms with Gasteiger partial charge in [0.2, 0.25) is 0 Å². The lowest BCUT2D eigenvalue weighted by Gasteiger charge is -2.46. The van der Waals surface area contributed by atoms with Crippen molar-refractivity contribution < 1.29 is 74.4 Å². The summed E-state index contributed by atoms with van der Waals surface area (Å²) in [6.45, 7) is 2.46. The zero-order valence-electron chi connectivity index (χ0n) is 18.3. The van der Waals surface area contributed by atoms with Gasteiger partial charge >= 0.3 is 5.97 Å². The van der Waals surface area contributed by atoms with Gasteiger partial charge < -0.3 is 69.6 Å². The van der Waals surface area contributed by atoms with Crippen molar-refractivity contribution in [1.82, 2.24) is 0 Å². The molecule has 0 saturated carbocycles. The molecule has 0 bridgehead atoms. The molecule has 3 aliphatic heterocycles. The Hall–Kier alpha value is -1.05. The van der Waals surface area contributed by atoms with Gasteiger partial charge in [-0.3, -0.25) is 0 Å². The Morgan fingerprint density at radius 1 is 0.676 bits per heavy atom. The molecule has 15 atom stereocenters. The number of carboxylic acids is 1. The molecule has 0 aromatic rings. The first kappa shape index (κ1) is 27.5. The molecule has 15 unspecified atom stereocenters. The van der Waals surface area contributed by atoms with E-state index < -0.39 is 105 Å². The van der Waals surface area contributed by atoms with Crippen LogP contribution in [0.4, 0.5) is 0 Å². The molecule has 0 aromatic heterocycles. The highest BCUT2D eigenvalue weighted by Crippen LogP contribution is 2.30. The van der Waals surface area contributed by atoms with Crippen molar-refractivity contribution in [2.24, 2.45) is 0 Å². The Morgan fingerprint density at radius 2 is 1.26 bits per heavy atom. The summed E-state index contributed by atoms with van der Waals surface area (Å²) in [5.74, 6) is -1.62. The van der Waals surface area contributed by atoms with Gasteiger partial charge in [0.1, 0.15) is 61.0 Å². The number of carboxylic acid groups (broad SMARTS) is 1. The van der Waals surface area contributed by atoms with E-state index >= 15 is 0 Å². The first-order valence-electron chi connectivity index (χ1n) is 10.8. The first-order chi connectivity index (χ1) is 15.8. The van der Waals surface area contributed by atoms with E-state index in [0.29, 0.717) is 0 Å². The Bertz CT molecular complexity index is 695. The highest BCUT2D eigenvalue weighted by Gasteiger charge is 2.51. The third-order valence-corrected chi connectivity index (χ3v) is 6.26. The second kappa shape index (κ2) is 10.9. The van der Waals surface area contributed by atoms with Gasteiger partial charge in [0.05, 0.1) is 18.8 Å². The summed E-state index contributed by atoms with van der Waals surface area (Å²) in [5, 5.41) is 89.9. The average molecular weight is 500 g/mol. The van der Waals surface area contributed by atoms with Crippen LogP contribution in [0, 0.1) is 0 Å². The molecule has 3 fully saturated rings. The number of carbonyl (C=O) groups is 1. The van der Waals surface area contributed by atoms with E-state index in [2.05, 4.69) is 0 Å². The highest BCUT2D eigenvalue weighted by molar-refractivity contribution is 5.73. The van der Waals surface area contributed by atoms with E-state index in [1.54, 1.807) is 13.8 Å². The lowest BCUT2D eigenvalue weighted by Crippen LogP contribution is -2.64. The summed E-state index contributed by atoms with van der Waals surface area (Å²) in [5.41, 5.74) is 0. The fourth-order valence-electron chi connectivity index (χ4n) is 4.14. The van der Waals surface area contributed by atoms with Gasteiger partial charge in [0, 0.05) is 0 Å². The second-order valence-corrected chi connectivity index (χ2v) is 8.71. The topological polar surface area (TPSA) is 245 Å². The molecule has 0 aromatic carbocycles. The van der Waals surface area contributed by atoms with Crippen LogP contribution in [-0.2, 0) is 28.5 Å². The zero-order chi connectivity index (χ0) is 25.5. The number of rotatable bonds is 6. The quantitative estimate of drug-likeness (QED) is 0.165. The van der Waals surface area contributed by atoms with Gasteiger partial charge in [-0.15, -0.1) is 0 Å². The summed E-state index contributed by atoms with van der Waals surface area (Å²) in [7, 11) is 0. The molecule has 9 N–H and O–H groups in total. The number of hydrogen-bond acceptors (Lipinski definition) is 14. The molecule has 0 aliphatic carbocycles. The summed E-state index contributed by atoms with van der Waals surface area (Å²) in [6.07, 6.45) is -23.0. The molecule has 34 heavy (non-hydrogen) atoms. The standard InChI is InChI=1S/C19H32O15/c1-4-7(20)11(24)15(5(2)31-4)33-19-14(27)9(22)8(21)6(32-19)3-30-18-13(26)10(23)12(25)16(34-18)17(28)29/h4-16,18-27H,3H2,1-2H3,(H,28,29). The minimum absolute atomic E-state index is 0.638. The van der Waals surface area contributed by atoms with Crippen molar-refractivity contribution in [2.45, 2.75) is 106 Å². The largest absolute Gasteiger partial charge is 0.479 e. The molecule has 0 spiro atoms. The van der Waals surface area contributed by atoms with E-state index in [4.69, 9.17) is 28.8 Å². The molecular weight excluding hydrogens is 468 g/mol. The van der Waals surface area contributed by atoms with Gasteiger partial charge in [0.25, 0.3) is 0 Å². The van der Waals surface area contributed by atoms with Crippen molar-refractivity contribution in [3.05, 3.63) is 0 Å². The zero-order valence-corrected chi connectivity index (χ0v) is 18.3. The minimum Gasteiger partial charge on any atom is -0.479 e. The molecule has 0 amide bonds. The SMILES string of the molecule is CC1OC(C)C(OC2OC(COC3OC(C(=O)O)C(O)C(O)C3O)C(O)C(O)C2O)C(O)C1O. The number of ether oxygens (including phenoxy) is 5. The predicted octanol–water partition coefficient (Wildman–Crippen LogP) is -5.38. The van der Waals surface area contributed by atoms with E-state index in [1.165, 1.54) is 0 Å². The van der Waals surface area contributed by atoms with Gasteiger partial charge in [-0.05, 0) is 13.8 Å². The molecule has 3 heterocycles. The van der Waals surface area contributed by atoms with Crippen molar-refractivity contribution >= 4 is 5.97 Å². The highest BCUT2D eigenvalue weighted by atomic mass is 16.7. The van der Waals surface area contributed by atoms with Crippen molar-refractivity contribution in [2.75, 3.05) is 6.61 Å². The molecule has 3 saturated heterocycles. The van der Waals surface area contributed by atoms with E-state index in [0.717, 1.165) is 0 Å². The summed E-state index contributed by atoms with van der Waals surface area (Å²) < 4.78 is 26.7. The van der Waals surface area contributed by atoms with E-state index in [9.17, 15) is 45.6 Å². The third-order valence-electron chi connectivity index (χ3n) is 6.26. The first-order valence-corrected chi connectivity index (χ1v) is 10.8. The fraction of sp³-hybridized carbons (Fsp3) is 0.947. The van der Waals surface area contributed by atoms with Crippen LogP contribution in [0.3, 0.4) is 0 Å². The Morgan fingerprint density at radius 3 is 1.88 bits per heavy atom. The fourth-order valence-corrected chi connectivity index (χ4v) is 4.14. The van der Waals surface area contributed by atoms with Gasteiger partial charge in [-0.1, -0.05) is 0 Å². The van der Waals surface area contributed by atoms with Crippen LogP contribution >= 0.6 is 0 Å². The molecule has 3 aliphatic rings. The van der Waals surface area contributed by atoms with Gasteiger partial charge in [0.15, 0.2) is 18.7 Å². The van der Waals surface area contributed by atoms with E-state index in [-0.39, 0.29) is 0 Å². The molecule has 15 nitrogen and oxygen atoms in total. The Balaban J connectivity index is 1.66. The van der Waals surface area contributed by atoms with Crippen LogP contribution < -0.4 is 0 Å². The third kappa shape index (κ3) is 5.36. The lowest BCUT2D eigenvalue weighted by molar-refractivity contribution is -0.349. The van der Waals surface area contributed by atoms with Crippen LogP contribution in [0.15, 0.2) is 0 Å². The number of hydrogen-bond donors (Lipinski definition) is 9. The summed E-state index contributed by atoms with van der Waals surface area (Å²) in [4.78, 5) is 11.2.